The van der Waals surface area contributed by atoms with E-state index < -0.39 is 0 Å². The molecule has 2 fully saturated rings. The van der Waals surface area contributed by atoms with Gasteiger partial charge in [0.2, 0.25) is 0 Å². The van der Waals surface area contributed by atoms with Gasteiger partial charge in [0.25, 0.3) is 11.8 Å². The van der Waals surface area contributed by atoms with Crippen molar-refractivity contribution in [1.82, 2.24) is 14.4 Å². The van der Waals surface area contributed by atoms with Crippen molar-refractivity contribution in [2.45, 2.75) is 26.1 Å². The van der Waals surface area contributed by atoms with E-state index in [9.17, 15) is 9.59 Å². The number of rotatable bonds is 6. The Morgan fingerprint density at radius 3 is 2.10 bits per heavy atom. The molecule has 9 nitrogen and oxygen atoms in total. The van der Waals surface area contributed by atoms with E-state index in [0.29, 0.717) is 56.3 Å². The van der Waals surface area contributed by atoms with Crippen LogP contribution < -0.4 is 10.8 Å². The lowest BCUT2D eigenvalue weighted by Gasteiger charge is -2.35. The molecular weight excluding hydrogens is 518 g/mol. The van der Waals surface area contributed by atoms with Crippen LogP contribution in [0.25, 0.3) is 11.1 Å². The summed E-state index contributed by atoms with van der Waals surface area (Å²) in [5, 5.41) is 3.23. The first-order chi connectivity index (χ1) is 19.8. The van der Waals surface area contributed by atoms with Gasteiger partial charge in [-0.3, -0.25) is 9.59 Å². The van der Waals surface area contributed by atoms with Crippen LogP contribution in [0.3, 0.4) is 0 Å². The van der Waals surface area contributed by atoms with E-state index in [1.165, 1.54) is 0 Å². The highest BCUT2D eigenvalue weighted by Gasteiger charge is 2.26. The molecule has 2 saturated heterocycles. The summed E-state index contributed by atoms with van der Waals surface area (Å²) in [6.07, 6.45) is 1.97. The number of ether oxygens (including phenoxy) is 2. The van der Waals surface area contributed by atoms with Crippen molar-refractivity contribution in [3.8, 4) is 11.1 Å². The third kappa shape index (κ3) is 6.75. The molecule has 0 radical (unpaired) electrons. The Hall–Kier alpha value is -4.21. The Morgan fingerprint density at radius 2 is 1.46 bits per heavy atom. The number of morpholine rings is 2. The summed E-state index contributed by atoms with van der Waals surface area (Å²) in [7, 11) is 1.93. The van der Waals surface area contributed by atoms with Crippen molar-refractivity contribution in [1.29, 1.82) is 0 Å². The molecule has 2 aliphatic heterocycles. The Morgan fingerprint density at radius 1 is 0.878 bits per heavy atom. The van der Waals surface area contributed by atoms with Crippen LogP contribution in [0.2, 0.25) is 0 Å². The minimum Gasteiger partial charge on any atom is -0.378 e. The van der Waals surface area contributed by atoms with Crippen molar-refractivity contribution in [2.75, 3.05) is 44.7 Å². The number of nitrogens with one attached hydrogen (secondary N) is 1. The average molecular weight is 556 g/mol. The van der Waals surface area contributed by atoms with E-state index in [2.05, 4.69) is 11.9 Å². The predicted octanol–water partition coefficient (Wildman–Crippen LogP) is 3.90. The van der Waals surface area contributed by atoms with Crippen molar-refractivity contribution >= 4 is 17.5 Å². The number of benzene rings is 2. The molecule has 3 aromatic rings. The van der Waals surface area contributed by atoms with Crippen LogP contribution in [0.1, 0.15) is 34.6 Å². The topological polar surface area (TPSA) is 88.4 Å². The van der Waals surface area contributed by atoms with E-state index in [1.54, 1.807) is 0 Å². The lowest BCUT2D eigenvalue weighted by atomic mass is 10.0. The van der Waals surface area contributed by atoms with Crippen LogP contribution in [-0.4, -0.2) is 77.8 Å². The Kier molecular flexibility index (Phi) is 8.66. The summed E-state index contributed by atoms with van der Waals surface area (Å²) < 4.78 is 13.0. The molecule has 0 saturated carbocycles. The van der Waals surface area contributed by atoms with Gasteiger partial charge in [0.1, 0.15) is 11.3 Å². The second kappa shape index (κ2) is 12.5. The van der Waals surface area contributed by atoms with Crippen LogP contribution in [0, 0.1) is 0 Å². The number of hydrogen-bond donors (Lipinski definition) is 1. The van der Waals surface area contributed by atoms with Gasteiger partial charge in [0.15, 0.2) is 0 Å². The van der Waals surface area contributed by atoms with Gasteiger partial charge in [0.05, 0.1) is 25.4 Å². The van der Waals surface area contributed by atoms with Crippen molar-refractivity contribution in [3.05, 3.63) is 95.9 Å². The lowest BCUT2D eigenvalue weighted by Crippen LogP contribution is -2.48. The standard InChI is InChI=1S/C32H37N5O4/c1-22-20-37(21-23(2)41-22)32(39)26-9-7-25(8-10-26)29-6-5-15-35(4)30(29)34-24(3)33-28-13-11-27(12-14-28)31(38)36-16-18-40-19-17-36/h5-15,22-23,33H,3,16-21H2,1-2,4H3. The van der Waals surface area contributed by atoms with E-state index in [-0.39, 0.29) is 24.0 Å². The van der Waals surface area contributed by atoms with E-state index >= 15 is 0 Å². The molecule has 0 bridgehead atoms. The summed E-state index contributed by atoms with van der Waals surface area (Å²) >= 11 is 0. The Labute approximate surface area is 240 Å². The molecule has 2 aliphatic rings. The number of hydrogen-bond acceptors (Lipinski definition) is 6. The number of carbonyl (C=O) groups excluding carboxylic acids is 2. The quantitative estimate of drug-likeness (QED) is 0.499. The second-order valence-corrected chi connectivity index (χ2v) is 10.6. The van der Waals surface area contributed by atoms with Gasteiger partial charge in [-0.1, -0.05) is 18.7 Å². The minimum atomic E-state index is 0.00564. The first-order valence-electron chi connectivity index (χ1n) is 14.0. The van der Waals surface area contributed by atoms with Gasteiger partial charge in [-0.2, -0.15) is 0 Å². The molecule has 2 atom stereocenters. The highest BCUT2D eigenvalue weighted by atomic mass is 16.5. The van der Waals surface area contributed by atoms with Gasteiger partial charge in [-0.05, 0) is 67.9 Å². The summed E-state index contributed by atoms with van der Waals surface area (Å²) in [4.78, 5) is 34.3. The molecule has 0 aliphatic carbocycles. The smallest absolute Gasteiger partial charge is 0.254 e. The molecular formula is C32H37N5O4. The number of amides is 2. The van der Waals surface area contributed by atoms with Gasteiger partial charge in [-0.15, -0.1) is 0 Å². The number of pyridine rings is 1. The minimum absolute atomic E-state index is 0.00564. The van der Waals surface area contributed by atoms with Crippen LogP contribution >= 0.6 is 0 Å². The third-order valence-electron chi connectivity index (χ3n) is 7.26. The fraction of sp³-hybridized carbons (Fsp3) is 0.344. The second-order valence-electron chi connectivity index (χ2n) is 10.6. The number of anilines is 1. The molecule has 41 heavy (non-hydrogen) atoms. The molecule has 1 N–H and O–H groups in total. The number of nitrogens with zero attached hydrogens (tertiary/aromatic N) is 4. The summed E-state index contributed by atoms with van der Waals surface area (Å²) in [6.45, 7) is 11.6. The van der Waals surface area contributed by atoms with Crippen molar-refractivity contribution in [3.63, 3.8) is 0 Å². The Bertz CT molecular complexity index is 1460. The van der Waals surface area contributed by atoms with Crippen LogP contribution in [0.4, 0.5) is 5.69 Å². The molecule has 5 rings (SSSR count). The lowest BCUT2D eigenvalue weighted by molar-refractivity contribution is -0.0586. The van der Waals surface area contributed by atoms with E-state index in [0.717, 1.165) is 22.3 Å². The molecule has 9 heteroatoms. The average Bonchev–Trinajstić information content (AvgIpc) is 2.98. The van der Waals surface area contributed by atoms with Crippen LogP contribution in [-0.2, 0) is 16.5 Å². The molecule has 2 amide bonds. The molecule has 2 aromatic carbocycles. The SMILES string of the molecule is C=C(N=c1c(-c2ccc(C(=O)N3CC(C)OC(C)C3)cc2)cccn1C)Nc1ccc(C(=O)N2CCOCC2)cc1. The maximum absolute atomic E-state index is 13.1. The zero-order valence-electron chi connectivity index (χ0n) is 23.9. The molecule has 3 heterocycles. The van der Waals surface area contributed by atoms with Gasteiger partial charge >= 0.3 is 0 Å². The zero-order chi connectivity index (χ0) is 28.9. The maximum Gasteiger partial charge on any atom is 0.254 e. The summed E-state index contributed by atoms with van der Waals surface area (Å²) in [5.41, 5.74) is 4.65. The molecule has 0 spiro atoms. The van der Waals surface area contributed by atoms with Gasteiger partial charge < -0.3 is 29.2 Å². The van der Waals surface area contributed by atoms with Crippen LogP contribution in [0.5, 0.6) is 0 Å². The van der Waals surface area contributed by atoms with E-state index in [4.69, 9.17) is 14.5 Å². The highest BCUT2D eigenvalue weighted by Crippen LogP contribution is 2.20. The van der Waals surface area contributed by atoms with Crippen molar-refractivity contribution < 1.29 is 19.1 Å². The summed E-state index contributed by atoms with van der Waals surface area (Å²) in [5.74, 6) is 0.478. The Balaban J connectivity index is 1.31. The first-order valence-corrected chi connectivity index (χ1v) is 14.0. The highest BCUT2D eigenvalue weighted by molar-refractivity contribution is 5.95. The maximum atomic E-state index is 13.1. The van der Waals surface area contributed by atoms with Crippen molar-refractivity contribution in [2.24, 2.45) is 12.0 Å². The predicted molar refractivity (Wildman–Crippen MR) is 158 cm³/mol. The van der Waals surface area contributed by atoms with Gasteiger partial charge in [-0.25, -0.2) is 4.99 Å². The fourth-order valence-electron chi connectivity index (χ4n) is 5.25. The zero-order valence-corrected chi connectivity index (χ0v) is 23.9. The largest absolute Gasteiger partial charge is 0.378 e. The van der Waals surface area contributed by atoms with Gasteiger partial charge in [0, 0.05) is 61.8 Å². The molecule has 2 unspecified atom stereocenters. The first kappa shape index (κ1) is 28.3. The molecule has 1 aromatic heterocycles. The number of aromatic nitrogens is 1. The third-order valence-corrected chi connectivity index (χ3v) is 7.26. The normalized spacial score (nSPS) is 19.6. The number of aryl methyl sites for hydroxylation is 1. The molecule has 214 valence electrons. The number of carbonyl (C=O) groups is 2. The fourth-order valence-corrected chi connectivity index (χ4v) is 5.25. The van der Waals surface area contributed by atoms with E-state index in [1.807, 2.05) is 102 Å². The van der Waals surface area contributed by atoms with Crippen LogP contribution in [0.15, 0.2) is 84.3 Å². The summed E-state index contributed by atoms with van der Waals surface area (Å²) in [6, 6.07) is 18.9. The monoisotopic (exact) mass is 555 g/mol.